The summed E-state index contributed by atoms with van der Waals surface area (Å²) in [6, 6.07) is 17.1. The molecule has 2 aliphatic rings. The Morgan fingerprint density at radius 1 is 0.912 bits per heavy atom. The van der Waals surface area contributed by atoms with Crippen LogP contribution in [0.1, 0.15) is 60.6 Å². The number of hydrogen-bond acceptors (Lipinski definition) is 7. The van der Waals surface area contributed by atoms with E-state index >= 15 is 0 Å². The van der Waals surface area contributed by atoms with E-state index in [1.54, 1.807) is 14.2 Å². The van der Waals surface area contributed by atoms with Crippen LogP contribution in [0, 0.1) is 0 Å². The molecule has 0 spiro atoms. The van der Waals surface area contributed by atoms with Crippen molar-refractivity contribution in [1.82, 2.24) is 30.4 Å². The number of methoxy groups -OCH3 is 2. The second kappa shape index (κ2) is 10.5. The van der Waals surface area contributed by atoms with Crippen molar-refractivity contribution >= 4 is 0 Å². The SMILES string of the molecule is COc1cccc(C(c2nnnn2C2CCNCC2)N2CCC(c3ccccc3)CC2)c1OC. The number of tetrazole rings is 1. The number of ether oxygens (including phenoxy) is 2. The minimum absolute atomic E-state index is 0.105. The smallest absolute Gasteiger partial charge is 0.173 e. The Labute approximate surface area is 201 Å². The third-order valence-corrected chi connectivity index (χ3v) is 7.31. The second-order valence-corrected chi connectivity index (χ2v) is 9.17. The van der Waals surface area contributed by atoms with Gasteiger partial charge >= 0.3 is 0 Å². The fraction of sp³-hybridized carbons (Fsp3) is 0.500. The molecule has 0 radical (unpaired) electrons. The van der Waals surface area contributed by atoms with Crippen LogP contribution in [0.3, 0.4) is 0 Å². The molecule has 1 unspecified atom stereocenters. The number of para-hydroxylation sites is 1. The van der Waals surface area contributed by atoms with Gasteiger partial charge in [-0.1, -0.05) is 42.5 Å². The predicted octanol–water partition coefficient (Wildman–Crippen LogP) is 3.58. The first kappa shape index (κ1) is 22.8. The van der Waals surface area contributed by atoms with Crippen LogP contribution in [0.5, 0.6) is 11.5 Å². The van der Waals surface area contributed by atoms with E-state index in [4.69, 9.17) is 9.47 Å². The summed E-state index contributed by atoms with van der Waals surface area (Å²) in [6.45, 7) is 3.90. The lowest BCUT2D eigenvalue weighted by Gasteiger charge is -2.38. The maximum absolute atomic E-state index is 5.87. The van der Waals surface area contributed by atoms with Gasteiger partial charge in [-0.2, -0.15) is 0 Å². The highest BCUT2D eigenvalue weighted by Gasteiger charge is 2.35. The summed E-state index contributed by atoms with van der Waals surface area (Å²) in [5.41, 5.74) is 2.47. The van der Waals surface area contributed by atoms with Crippen molar-refractivity contribution in [2.75, 3.05) is 40.4 Å². The first-order valence-electron chi connectivity index (χ1n) is 12.3. The number of nitrogens with zero attached hydrogens (tertiary/aromatic N) is 5. The normalized spacial score (nSPS) is 19.1. The molecule has 8 nitrogen and oxygen atoms in total. The molecule has 0 saturated carbocycles. The van der Waals surface area contributed by atoms with Gasteiger partial charge in [-0.3, -0.25) is 4.90 Å². The monoisotopic (exact) mass is 462 g/mol. The third-order valence-electron chi connectivity index (χ3n) is 7.31. The van der Waals surface area contributed by atoms with Crippen LogP contribution in [0.4, 0.5) is 0 Å². The van der Waals surface area contributed by atoms with Crippen LogP contribution in [-0.4, -0.2) is 65.5 Å². The van der Waals surface area contributed by atoms with E-state index in [9.17, 15) is 0 Å². The van der Waals surface area contributed by atoms with E-state index in [2.05, 4.69) is 66.8 Å². The van der Waals surface area contributed by atoms with Gasteiger partial charge in [0.1, 0.15) is 6.04 Å². The van der Waals surface area contributed by atoms with Crippen molar-refractivity contribution in [3.63, 3.8) is 0 Å². The molecule has 34 heavy (non-hydrogen) atoms. The largest absolute Gasteiger partial charge is 0.493 e. The van der Waals surface area contributed by atoms with Gasteiger partial charge in [0, 0.05) is 5.56 Å². The first-order valence-corrected chi connectivity index (χ1v) is 12.3. The van der Waals surface area contributed by atoms with Crippen molar-refractivity contribution in [2.45, 2.75) is 43.7 Å². The van der Waals surface area contributed by atoms with Crippen molar-refractivity contribution in [3.8, 4) is 11.5 Å². The lowest BCUT2D eigenvalue weighted by atomic mass is 9.88. The molecule has 8 heteroatoms. The lowest BCUT2D eigenvalue weighted by Crippen LogP contribution is -2.39. The molecular formula is C26H34N6O2. The van der Waals surface area contributed by atoms with Gasteiger partial charge in [-0.05, 0) is 79.8 Å². The second-order valence-electron chi connectivity index (χ2n) is 9.17. The Bertz CT molecular complexity index is 1060. The van der Waals surface area contributed by atoms with Crippen LogP contribution >= 0.6 is 0 Å². The van der Waals surface area contributed by atoms with E-state index in [1.807, 2.05) is 12.1 Å². The Kier molecular flexibility index (Phi) is 7.06. The summed E-state index contributed by atoms with van der Waals surface area (Å²) in [5.74, 6) is 2.94. The van der Waals surface area contributed by atoms with Gasteiger partial charge in [0.25, 0.3) is 0 Å². The third kappa shape index (κ3) is 4.52. The van der Waals surface area contributed by atoms with E-state index in [-0.39, 0.29) is 6.04 Å². The highest BCUT2D eigenvalue weighted by molar-refractivity contribution is 5.49. The number of benzene rings is 2. The molecule has 0 aliphatic carbocycles. The molecule has 2 aromatic carbocycles. The first-order chi connectivity index (χ1) is 16.8. The molecule has 180 valence electrons. The predicted molar refractivity (Wildman–Crippen MR) is 130 cm³/mol. The number of nitrogens with one attached hydrogen (secondary N) is 1. The summed E-state index contributed by atoms with van der Waals surface area (Å²) in [7, 11) is 3.39. The molecule has 2 fully saturated rings. The van der Waals surface area contributed by atoms with E-state index in [1.165, 1.54) is 5.56 Å². The summed E-state index contributed by atoms with van der Waals surface area (Å²) in [4.78, 5) is 2.51. The van der Waals surface area contributed by atoms with Crippen LogP contribution in [0.25, 0.3) is 0 Å². The minimum Gasteiger partial charge on any atom is -0.493 e. The zero-order valence-electron chi connectivity index (χ0n) is 20.1. The average molecular weight is 463 g/mol. The topological polar surface area (TPSA) is 77.3 Å². The van der Waals surface area contributed by atoms with E-state index in [0.29, 0.717) is 12.0 Å². The minimum atomic E-state index is -0.105. The van der Waals surface area contributed by atoms with Crippen LogP contribution < -0.4 is 14.8 Å². The molecule has 0 amide bonds. The van der Waals surface area contributed by atoms with E-state index in [0.717, 1.165) is 74.7 Å². The van der Waals surface area contributed by atoms with Gasteiger partial charge in [0.2, 0.25) is 0 Å². The highest BCUT2D eigenvalue weighted by Crippen LogP contribution is 2.42. The summed E-state index contributed by atoms with van der Waals surface area (Å²) >= 11 is 0. The Morgan fingerprint density at radius 3 is 2.38 bits per heavy atom. The van der Waals surface area contributed by atoms with Gasteiger partial charge < -0.3 is 14.8 Å². The fourth-order valence-corrected chi connectivity index (χ4v) is 5.53. The van der Waals surface area contributed by atoms with Crippen molar-refractivity contribution in [1.29, 1.82) is 0 Å². The molecule has 1 atom stereocenters. The zero-order valence-corrected chi connectivity index (χ0v) is 20.1. The Balaban J connectivity index is 1.50. The Morgan fingerprint density at radius 2 is 1.68 bits per heavy atom. The van der Waals surface area contributed by atoms with Crippen LogP contribution in [0.15, 0.2) is 48.5 Å². The number of likely N-dealkylation sites (tertiary alicyclic amines) is 1. The molecular weight excluding hydrogens is 428 g/mol. The van der Waals surface area contributed by atoms with Gasteiger partial charge in [-0.25, -0.2) is 4.68 Å². The standard InChI is InChI=1S/C26H34N6O2/c1-33-23-10-6-9-22(25(23)34-2)24(26-28-29-30-32(26)21-11-15-27-16-12-21)31-17-13-20(14-18-31)19-7-4-3-5-8-19/h3-10,20-21,24,27H,11-18H2,1-2H3. The number of hydrogen-bond donors (Lipinski definition) is 1. The molecule has 3 heterocycles. The van der Waals surface area contributed by atoms with Crippen LogP contribution in [-0.2, 0) is 0 Å². The number of rotatable bonds is 7. The maximum Gasteiger partial charge on any atom is 0.173 e. The van der Waals surface area contributed by atoms with Gasteiger partial charge in [0.05, 0.1) is 20.3 Å². The fourth-order valence-electron chi connectivity index (χ4n) is 5.53. The van der Waals surface area contributed by atoms with Crippen LogP contribution in [0.2, 0.25) is 0 Å². The molecule has 2 saturated heterocycles. The molecule has 3 aromatic rings. The van der Waals surface area contributed by atoms with Crippen molar-refractivity contribution in [2.24, 2.45) is 0 Å². The molecule has 5 rings (SSSR count). The van der Waals surface area contributed by atoms with Gasteiger partial charge in [-0.15, -0.1) is 5.10 Å². The Hall–Kier alpha value is -2.97. The molecule has 0 bridgehead atoms. The van der Waals surface area contributed by atoms with Crippen molar-refractivity contribution in [3.05, 3.63) is 65.5 Å². The summed E-state index contributed by atoms with van der Waals surface area (Å²) in [5, 5.41) is 16.7. The zero-order chi connectivity index (χ0) is 23.3. The van der Waals surface area contributed by atoms with Gasteiger partial charge in [0.15, 0.2) is 17.3 Å². The summed E-state index contributed by atoms with van der Waals surface area (Å²) in [6.07, 6.45) is 4.25. The molecule has 2 aliphatic heterocycles. The number of aromatic nitrogens is 4. The lowest BCUT2D eigenvalue weighted by molar-refractivity contribution is 0.158. The highest BCUT2D eigenvalue weighted by atomic mass is 16.5. The quantitative estimate of drug-likeness (QED) is 0.575. The maximum atomic E-state index is 5.87. The van der Waals surface area contributed by atoms with E-state index < -0.39 is 0 Å². The molecule has 1 aromatic heterocycles. The number of piperidine rings is 2. The molecule has 1 N–H and O–H groups in total. The van der Waals surface area contributed by atoms with Crippen molar-refractivity contribution < 1.29 is 9.47 Å². The average Bonchev–Trinajstić information content (AvgIpc) is 3.39. The summed E-state index contributed by atoms with van der Waals surface area (Å²) < 4.78 is 13.6.